The van der Waals surface area contributed by atoms with Crippen LogP contribution in [0.3, 0.4) is 0 Å². The van der Waals surface area contributed by atoms with Crippen molar-refractivity contribution in [3.8, 4) is 16.9 Å². The number of amides is 1. The van der Waals surface area contributed by atoms with Crippen molar-refractivity contribution in [1.82, 2.24) is 14.7 Å². The first kappa shape index (κ1) is 17.0. The number of likely N-dealkylation sites (tertiary alicyclic amines) is 1. The number of carbonyl (C=O) groups is 1. The third kappa shape index (κ3) is 3.19. The number of hydrogen-bond acceptors (Lipinski definition) is 4. The minimum atomic E-state index is -0.437. The van der Waals surface area contributed by atoms with Gasteiger partial charge in [-0.25, -0.2) is 4.68 Å². The van der Waals surface area contributed by atoms with Crippen molar-refractivity contribution in [2.75, 3.05) is 13.1 Å². The first-order valence-corrected chi connectivity index (χ1v) is 8.83. The topological polar surface area (TPSA) is 81.3 Å². The van der Waals surface area contributed by atoms with E-state index in [4.69, 9.17) is 0 Å². The number of hydrogen-bond donors (Lipinski definition) is 0. The quantitative estimate of drug-likeness (QED) is 0.524. The first-order valence-electron chi connectivity index (χ1n) is 8.83. The molecule has 27 heavy (non-hydrogen) atoms. The molecule has 1 aliphatic heterocycles. The zero-order valence-electron chi connectivity index (χ0n) is 14.6. The summed E-state index contributed by atoms with van der Waals surface area (Å²) < 4.78 is 1.67. The van der Waals surface area contributed by atoms with E-state index >= 15 is 0 Å². The average molecular weight is 362 g/mol. The van der Waals surface area contributed by atoms with E-state index in [1.807, 2.05) is 35.2 Å². The van der Waals surface area contributed by atoms with E-state index in [1.165, 1.54) is 12.1 Å². The Balaban J connectivity index is 1.82. The average Bonchev–Trinajstić information content (AvgIpc) is 3.38. The number of non-ortho nitro benzene ring substituents is 1. The van der Waals surface area contributed by atoms with Crippen LogP contribution in [0, 0.1) is 10.1 Å². The van der Waals surface area contributed by atoms with Crippen LogP contribution in [0.25, 0.3) is 16.9 Å². The van der Waals surface area contributed by atoms with Gasteiger partial charge in [-0.05, 0) is 25.0 Å². The van der Waals surface area contributed by atoms with Gasteiger partial charge in [0.25, 0.3) is 11.6 Å². The number of aromatic nitrogens is 2. The van der Waals surface area contributed by atoms with Gasteiger partial charge < -0.3 is 4.90 Å². The lowest BCUT2D eigenvalue weighted by atomic mass is 10.1. The molecular formula is C20H18N4O3. The summed E-state index contributed by atoms with van der Waals surface area (Å²) in [6.45, 7) is 1.52. The predicted octanol–water partition coefficient (Wildman–Crippen LogP) is 3.68. The Bertz CT molecular complexity index is 974. The minimum Gasteiger partial charge on any atom is -0.339 e. The van der Waals surface area contributed by atoms with Crippen molar-refractivity contribution in [2.24, 2.45) is 0 Å². The van der Waals surface area contributed by atoms with Gasteiger partial charge in [-0.3, -0.25) is 14.9 Å². The lowest BCUT2D eigenvalue weighted by Gasteiger charge is -2.16. The van der Waals surface area contributed by atoms with Crippen molar-refractivity contribution in [3.05, 3.63) is 76.5 Å². The molecule has 0 saturated carbocycles. The molecule has 7 heteroatoms. The van der Waals surface area contributed by atoms with E-state index in [0.717, 1.165) is 31.5 Å². The molecule has 1 amide bonds. The molecule has 0 radical (unpaired) electrons. The van der Waals surface area contributed by atoms with Gasteiger partial charge in [-0.2, -0.15) is 5.10 Å². The largest absolute Gasteiger partial charge is 0.339 e. The maximum atomic E-state index is 13.0. The number of benzene rings is 2. The molecule has 0 N–H and O–H groups in total. The minimum absolute atomic E-state index is 0.0144. The summed E-state index contributed by atoms with van der Waals surface area (Å²) >= 11 is 0. The molecule has 2 aromatic carbocycles. The Morgan fingerprint density at radius 2 is 1.67 bits per heavy atom. The Morgan fingerprint density at radius 1 is 1.00 bits per heavy atom. The molecule has 1 saturated heterocycles. The summed E-state index contributed by atoms with van der Waals surface area (Å²) in [6.07, 6.45) is 3.62. The summed E-state index contributed by atoms with van der Waals surface area (Å²) in [5.74, 6) is -0.0282. The molecule has 0 bridgehead atoms. The molecule has 0 spiro atoms. The van der Waals surface area contributed by atoms with E-state index in [0.29, 0.717) is 16.9 Å². The van der Waals surface area contributed by atoms with Crippen LogP contribution in [-0.2, 0) is 0 Å². The number of nitro benzene ring substituents is 1. The van der Waals surface area contributed by atoms with Crippen LogP contribution >= 0.6 is 0 Å². The summed E-state index contributed by atoms with van der Waals surface area (Å²) in [7, 11) is 0. The second-order valence-electron chi connectivity index (χ2n) is 6.46. The maximum absolute atomic E-state index is 13.0. The second-order valence-corrected chi connectivity index (χ2v) is 6.46. The van der Waals surface area contributed by atoms with Crippen LogP contribution in [0.4, 0.5) is 5.69 Å². The number of nitrogens with zero attached hydrogens (tertiary/aromatic N) is 4. The summed E-state index contributed by atoms with van der Waals surface area (Å²) in [5, 5.41) is 15.3. The second kappa shape index (κ2) is 7.03. The lowest BCUT2D eigenvalue weighted by Crippen LogP contribution is -2.27. The predicted molar refractivity (Wildman–Crippen MR) is 101 cm³/mol. The van der Waals surface area contributed by atoms with Crippen molar-refractivity contribution < 1.29 is 9.72 Å². The summed E-state index contributed by atoms with van der Waals surface area (Å²) in [6, 6.07) is 15.8. The van der Waals surface area contributed by atoms with Crippen LogP contribution < -0.4 is 0 Å². The molecule has 136 valence electrons. The third-order valence-corrected chi connectivity index (χ3v) is 4.75. The van der Waals surface area contributed by atoms with Gasteiger partial charge in [0.2, 0.25) is 0 Å². The molecular weight excluding hydrogens is 344 g/mol. The molecule has 2 heterocycles. The third-order valence-electron chi connectivity index (χ3n) is 4.75. The fourth-order valence-corrected chi connectivity index (χ4v) is 3.38. The van der Waals surface area contributed by atoms with Gasteiger partial charge in [0.05, 0.1) is 28.1 Å². The molecule has 1 aliphatic rings. The zero-order valence-corrected chi connectivity index (χ0v) is 14.6. The van der Waals surface area contributed by atoms with Crippen molar-refractivity contribution in [1.29, 1.82) is 0 Å². The summed E-state index contributed by atoms with van der Waals surface area (Å²) in [4.78, 5) is 25.3. The highest BCUT2D eigenvalue weighted by molar-refractivity contribution is 6.00. The van der Waals surface area contributed by atoms with Gasteiger partial charge in [-0.15, -0.1) is 0 Å². The first-order chi connectivity index (χ1) is 13.1. The van der Waals surface area contributed by atoms with Crippen LogP contribution in [0.15, 0.2) is 60.8 Å². The van der Waals surface area contributed by atoms with Crippen molar-refractivity contribution in [3.63, 3.8) is 0 Å². The van der Waals surface area contributed by atoms with Crippen molar-refractivity contribution >= 4 is 11.6 Å². The number of nitro groups is 1. The van der Waals surface area contributed by atoms with Gasteiger partial charge in [0.1, 0.15) is 0 Å². The monoisotopic (exact) mass is 362 g/mol. The number of carbonyl (C=O) groups excluding carboxylic acids is 1. The van der Waals surface area contributed by atoms with Gasteiger partial charge in [0, 0.05) is 30.8 Å². The highest BCUT2D eigenvalue weighted by Crippen LogP contribution is 2.29. The van der Waals surface area contributed by atoms with E-state index in [-0.39, 0.29) is 11.6 Å². The van der Waals surface area contributed by atoms with E-state index in [9.17, 15) is 14.9 Å². The molecule has 1 fully saturated rings. The lowest BCUT2D eigenvalue weighted by molar-refractivity contribution is -0.384. The normalized spacial score (nSPS) is 13.7. The van der Waals surface area contributed by atoms with E-state index in [2.05, 4.69) is 5.10 Å². The fourth-order valence-electron chi connectivity index (χ4n) is 3.38. The van der Waals surface area contributed by atoms with Crippen LogP contribution in [0.2, 0.25) is 0 Å². The standard InChI is InChI=1S/C20H18N4O3/c25-20(22-12-4-5-13-22)18-14-21-23(19(18)15-6-2-1-3-7-15)16-8-10-17(11-9-16)24(26)27/h1-3,6-11,14H,4-5,12-13H2. The Labute approximate surface area is 156 Å². The summed E-state index contributed by atoms with van der Waals surface area (Å²) in [5.41, 5.74) is 2.79. The van der Waals surface area contributed by atoms with E-state index in [1.54, 1.807) is 23.0 Å². The fraction of sp³-hybridized carbons (Fsp3) is 0.200. The molecule has 7 nitrogen and oxygen atoms in total. The van der Waals surface area contributed by atoms with Gasteiger partial charge >= 0.3 is 0 Å². The van der Waals surface area contributed by atoms with Crippen molar-refractivity contribution in [2.45, 2.75) is 12.8 Å². The van der Waals surface area contributed by atoms with Crippen LogP contribution in [0.5, 0.6) is 0 Å². The van der Waals surface area contributed by atoms with Gasteiger partial charge in [0.15, 0.2) is 0 Å². The highest BCUT2D eigenvalue weighted by Gasteiger charge is 2.26. The smallest absolute Gasteiger partial charge is 0.269 e. The van der Waals surface area contributed by atoms with Crippen LogP contribution in [-0.4, -0.2) is 38.6 Å². The molecule has 1 aromatic heterocycles. The molecule has 3 aromatic rings. The van der Waals surface area contributed by atoms with Crippen LogP contribution in [0.1, 0.15) is 23.2 Å². The highest BCUT2D eigenvalue weighted by atomic mass is 16.6. The Morgan fingerprint density at radius 3 is 2.30 bits per heavy atom. The molecule has 4 rings (SSSR count). The number of rotatable bonds is 4. The Hall–Kier alpha value is -3.48. The van der Waals surface area contributed by atoms with E-state index < -0.39 is 4.92 Å². The Kier molecular flexibility index (Phi) is 4.42. The zero-order chi connectivity index (χ0) is 18.8. The molecule has 0 aliphatic carbocycles. The molecule has 0 unspecified atom stereocenters. The maximum Gasteiger partial charge on any atom is 0.269 e. The molecule has 0 atom stereocenters. The van der Waals surface area contributed by atoms with Gasteiger partial charge in [-0.1, -0.05) is 30.3 Å². The SMILES string of the molecule is O=C(c1cnn(-c2ccc([N+](=O)[O-])cc2)c1-c1ccccc1)N1CCCC1.